The van der Waals surface area contributed by atoms with Crippen molar-refractivity contribution >= 4 is 23.0 Å². The van der Waals surface area contributed by atoms with Crippen LogP contribution in [0.4, 0.5) is 4.39 Å². The average Bonchev–Trinajstić information content (AvgIpc) is 2.95. The van der Waals surface area contributed by atoms with E-state index in [1.807, 2.05) is 0 Å². The highest BCUT2D eigenvalue weighted by Gasteiger charge is 2.09. The zero-order valence-corrected chi connectivity index (χ0v) is 11.7. The zero-order chi connectivity index (χ0) is 16.4. The van der Waals surface area contributed by atoms with Crippen LogP contribution in [-0.4, -0.2) is 20.9 Å². The van der Waals surface area contributed by atoms with Gasteiger partial charge in [-0.3, -0.25) is 4.79 Å². The van der Waals surface area contributed by atoms with Crippen molar-refractivity contribution in [3.63, 3.8) is 0 Å². The minimum Gasteiger partial charge on any atom is -0.366 e. The van der Waals surface area contributed by atoms with Crippen LogP contribution in [0.5, 0.6) is 0 Å². The quantitative estimate of drug-likeness (QED) is 0.722. The third kappa shape index (κ3) is 2.78. The van der Waals surface area contributed by atoms with Crippen molar-refractivity contribution in [2.45, 2.75) is 0 Å². The number of aromatic nitrogens is 3. The number of primary amides is 1. The van der Waals surface area contributed by atoms with Crippen LogP contribution in [0.1, 0.15) is 11.3 Å². The number of carbonyl (C=O) groups excluding carboxylic acids is 1. The van der Waals surface area contributed by atoms with Crippen LogP contribution >= 0.6 is 0 Å². The van der Waals surface area contributed by atoms with Crippen molar-refractivity contribution in [2.75, 3.05) is 0 Å². The van der Waals surface area contributed by atoms with Crippen molar-refractivity contribution in [3.8, 4) is 17.2 Å². The van der Waals surface area contributed by atoms with E-state index >= 15 is 0 Å². The molecule has 0 atom stereocenters. The van der Waals surface area contributed by atoms with Gasteiger partial charge in [0.25, 0.3) is 0 Å². The van der Waals surface area contributed by atoms with Crippen LogP contribution < -0.4 is 5.73 Å². The molecule has 7 heteroatoms. The van der Waals surface area contributed by atoms with Crippen molar-refractivity contribution in [3.05, 3.63) is 53.9 Å². The Kier molecular flexibility index (Phi) is 3.57. The highest BCUT2D eigenvalue weighted by atomic mass is 19.1. The number of aromatic amines is 1. The summed E-state index contributed by atoms with van der Waals surface area (Å²) in [7, 11) is 0. The molecule has 1 amide bonds. The predicted molar refractivity (Wildman–Crippen MR) is 82.2 cm³/mol. The van der Waals surface area contributed by atoms with Gasteiger partial charge in [-0.15, -0.1) is 0 Å². The standard InChI is InChI=1S/C16H10FN5O/c17-13-4-11(7-20-14(13)5-18)10-3-12-9(1-2-15(19)23)6-21-16(12)22-8-10/h1-4,6-8H,(H2,19,23)(H,21,22)/b2-1+. The lowest BCUT2D eigenvalue weighted by molar-refractivity contribution is -0.113. The summed E-state index contributed by atoms with van der Waals surface area (Å²) in [6.45, 7) is 0. The predicted octanol–water partition coefficient (Wildman–Crippen LogP) is 2.13. The zero-order valence-electron chi connectivity index (χ0n) is 11.7. The number of hydrogen-bond donors (Lipinski definition) is 2. The second kappa shape index (κ2) is 5.69. The molecule has 0 aromatic carbocycles. The van der Waals surface area contributed by atoms with E-state index in [2.05, 4.69) is 15.0 Å². The number of halogens is 1. The Balaban J connectivity index is 2.09. The van der Waals surface area contributed by atoms with Gasteiger partial charge in [0.2, 0.25) is 5.91 Å². The van der Waals surface area contributed by atoms with Crippen molar-refractivity contribution in [2.24, 2.45) is 5.73 Å². The first-order valence-electron chi connectivity index (χ1n) is 6.59. The minimum atomic E-state index is -0.687. The molecule has 0 aliphatic rings. The third-order valence-electron chi connectivity index (χ3n) is 3.27. The number of amides is 1. The number of nitrogens with two attached hydrogens (primary N) is 1. The van der Waals surface area contributed by atoms with E-state index in [-0.39, 0.29) is 5.69 Å². The molecule has 3 N–H and O–H groups in total. The second-order valence-corrected chi connectivity index (χ2v) is 4.77. The van der Waals surface area contributed by atoms with Crippen LogP contribution in [0, 0.1) is 17.1 Å². The smallest absolute Gasteiger partial charge is 0.241 e. The van der Waals surface area contributed by atoms with Gasteiger partial charge in [-0.2, -0.15) is 5.26 Å². The summed E-state index contributed by atoms with van der Waals surface area (Å²) in [6.07, 6.45) is 7.50. The van der Waals surface area contributed by atoms with Crippen molar-refractivity contribution in [1.82, 2.24) is 15.0 Å². The van der Waals surface area contributed by atoms with Gasteiger partial charge >= 0.3 is 0 Å². The van der Waals surface area contributed by atoms with Crippen LogP contribution in [0.15, 0.2) is 36.8 Å². The van der Waals surface area contributed by atoms with Crippen LogP contribution in [0.3, 0.4) is 0 Å². The molecule has 0 aliphatic heterocycles. The Morgan fingerprint density at radius 2 is 2.04 bits per heavy atom. The molecular weight excluding hydrogens is 297 g/mol. The lowest BCUT2D eigenvalue weighted by Gasteiger charge is -2.02. The first-order valence-corrected chi connectivity index (χ1v) is 6.59. The fourth-order valence-electron chi connectivity index (χ4n) is 2.17. The Morgan fingerprint density at radius 3 is 2.74 bits per heavy atom. The van der Waals surface area contributed by atoms with Crippen molar-refractivity contribution in [1.29, 1.82) is 5.26 Å². The molecule has 0 spiro atoms. The van der Waals surface area contributed by atoms with E-state index in [1.165, 1.54) is 18.3 Å². The molecule has 112 valence electrons. The van der Waals surface area contributed by atoms with Gasteiger partial charge in [0.05, 0.1) is 0 Å². The first-order chi connectivity index (χ1) is 11.1. The van der Waals surface area contributed by atoms with E-state index in [1.54, 1.807) is 30.6 Å². The van der Waals surface area contributed by atoms with Crippen LogP contribution in [0.25, 0.3) is 28.2 Å². The number of carbonyl (C=O) groups is 1. The SMILES string of the molecule is N#Cc1ncc(-c2cnc3[nH]cc(/C=C/C(N)=O)c3c2)cc1F. The topological polar surface area (TPSA) is 108 Å². The largest absolute Gasteiger partial charge is 0.366 e. The van der Waals surface area contributed by atoms with Gasteiger partial charge < -0.3 is 10.7 Å². The highest BCUT2D eigenvalue weighted by molar-refractivity contribution is 5.95. The Hall–Kier alpha value is -3.53. The number of nitriles is 1. The number of pyridine rings is 2. The van der Waals surface area contributed by atoms with E-state index in [0.29, 0.717) is 16.8 Å². The van der Waals surface area contributed by atoms with Gasteiger partial charge in [-0.25, -0.2) is 14.4 Å². The number of H-pyrrole nitrogens is 1. The van der Waals surface area contributed by atoms with Gasteiger partial charge in [0, 0.05) is 46.7 Å². The molecule has 0 fully saturated rings. The fraction of sp³-hybridized carbons (Fsp3) is 0. The Bertz CT molecular complexity index is 984. The lowest BCUT2D eigenvalue weighted by Crippen LogP contribution is -2.04. The third-order valence-corrected chi connectivity index (χ3v) is 3.27. The summed E-state index contributed by atoms with van der Waals surface area (Å²) in [5.41, 5.74) is 7.33. The molecule has 0 aliphatic carbocycles. The molecule has 0 saturated carbocycles. The van der Waals surface area contributed by atoms with Gasteiger partial charge in [-0.1, -0.05) is 0 Å². The van der Waals surface area contributed by atoms with E-state index in [4.69, 9.17) is 11.0 Å². The molecule has 23 heavy (non-hydrogen) atoms. The van der Waals surface area contributed by atoms with Crippen molar-refractivity contribution < 1.29 is 9.18 Å². The summed E-state index contributed by atoms with van der Waals surface area (Å²) in [6, 6.07) is 4.71. The first kappa shape index (κ1) is 14.4. The molecule has 0 saturated heterocycles. The average molecular weight is 307 g/mol. The summed E-state index contributed by atoms with van der Waals surface area (Å²) < 4.78 is 13.7. The molecule has 0 unspecified atom stereocenters. The van der Waals surface area contributed by atoms with Gasteiger partial charge in [0.1, 0.15) is 11.7 Å². The monoisotopic (exact) mass is 307 g/mol. The lowest BCUT2D eigenvalue weighted by atomic mass is 10.1. The van der Waals surface area contributed by atoms with Gasteiger partial charge in [-0.05, 0) is 18.2 Å². The molecule has 0 bridgehead atoms. The van der Waals surface area contributed by atoms with E-state index in [9.17, 15) is 9.18 Å². The normalized spacial score (nSPS) is 11.0. The highest BCUT2D eigenvalue weighted by Crippen LogP contribution is 2.25. The van der Waals surface area contributed by atoms with E-state index < -0.39 is 11.7 Å². The molecule has 3 aromatic heterocycles. The summed E-state index contributed by atoms with van der Waals surface area (Å²) in [5.74, 6) is -1.24. The number of nitrogens with zero attached hydrogens (tertiary/aromatic N) is 3. The summed E-state index contributed by atoms with van der Waals surface area (Å²) in [5, 5.41) is 9.47. The molecule has 3 heterocycles. The Morgan fingerprint density at radius 1 is 1.30 bits per heavy atom. The fourth-order valence-corrected chi connectivity index (χ4v) is 2.17. The summed E-state index contributed by atoms with van der Waals surface area (Å²) >= 11 is 0. The number of hydrogen-bond acceptors (Lipinski definition) is 4. The maximum atomic E-state index is 13.7. The molecule has 3 aromatic rings. The molecule has 3 rings (SSSR count). The minimum absolute atomic E-state index is 0.255. The molecular formula is C16H10FN5O. The summed E-state index contributed by atoms with van der Waals surface area (Å²) in [4.78, 5) is 21.9. The maximum absolute atomic E-state index is 13.7. The number of rotatable bonds is 3. The number of nitrogens with one attached hydrogen (secondary N) is 1. The van der Waals surface area contributed by atoms with E-state index in [0.717, 1.165) is 10.9 Å². The Labute approximate surface area is 130 Å². The second-order valence-electron chi connectivity index (χ2n) is 4.77. The van der Waals surface area contributed by atoms with Crippen LogP contribution in [-0.2, 0) is 4.79 Å². The molecule has 6 nitrogen and oxygen atoms in total. The maximum Gasteiger partial charge on any atom is 0.241 e. The number of fused-ring (bicyclic) bond motifs is 1. The van der Waals surface area contributed by atoms with Crippen LogP contribution in [0.2, 0.25) is 0 Å². The molecule has 0 radical (unpaired) electrons. The van der Waals surface area contributed by atoms with Gasteiger partial charge in [0.15, 0.2) is 11.5 Å².